The molecule has 0 aliphatic rings. The van der Waals surface area contributed by atoms with Gasteiger partial charge in [-0.05, 0) is 36.4 Å². The van der Waals surface area contributed by atoms with Gasteiger partial charge in [0.25, 0.3) is 11.4 Å². The van der Waals surface area contributed by atoms with Gasteiger partial charge in [0.1, 0.15) is 12.2 Å². The molecule has 3 aromatic heterocycles. The maximum atomic E-state index is 13.0. The Labute approximate surface area is 192 Å². The molecule has 0 saturated carbocycles. The van der Waals surface area contributed by atoms with Crippen LogP contribution in [0, 0.1) is 0 Å². The highest BCUT2D eigenvalue weighted by atomic mass is 35.5. The zero-order chi connectivity index (χ0) is 22.8. The predicted octanol–water partition coefficient (Wildman–Crippen LogP) is 4.41. The van der Waals surface area contributed by atoms with Gasteiger partial charge in [-0.25, -0.2) is 0 Å². The fourth-order valence-electron chi connectivity index (χ4n) is 3.52. The molecular formula is C24H16ClN5O3. The number of para-hydroxylation sites is 1. The second kappa shape index (κ2) is 8.68. The van der Waals surface area contributed by atoms with Crippen molar-refractivity contribution in [2.75, 3.05) is 5.32 Å². The van der Waals surface area contributed by atoms with Crippen LogP contribution in [0.15, 0.2) is 88.3 Å². The van der Waals surface area contributed by atoms with Crippen molar-refractivity contribution < 1.29 is 9.32 Å². The monoisotopic (exact) mass is 457 g/mol. The van der Waals surface area contributed by atoms with Crippen molar-refractivity contribution in [2.24, 2.45) is 0 Å². The van der Waals surface area contributed by atoms with Crippen molar-refractivity contribution in [1.29, 1.82) is 0 Å². The molecule has 0 saturated heterocycles. The van der Waals surface area contributed by atoms with Gasteiger partial charge in [0, 0.05) is 28.4 Å². The highest BCUT2D eigenvalue weighted by Gasteiger charge is 2.18. The molecule has 0 atom stereocenters. The number of pyridine rings is 2. The fourth-order valence-corrected chi connectivity index (χ4v) is 3.71. The molecule has 0 unspecified atom stereocenters. The maximum Gasteiger partial charge on any atom is 0.259 e. The summed E-state index contributed by atoms with van der Waals surface area (Å²) in [4.78, 5) is 34.3. The lowest BCUT2D eigenvalue weighted by Crippen LogP contribution is -2.27. The smallest absolute Gasteiger partial charge is 0.259 e. The van der Waals surface area contributed by atoms with Crippen molar-refractivity contribution in [3.63, 3.8) is 0 Å². The fraction of sp³-hybridized carbons (Fsp3) is 0.0417. The van der Waals surface area contributed by atoms with Gasteiger partial charge < -0.3 is 9.84 Å². The molecular weight excluding hydrogens is 442 g/mol. The number of hydrogen-bond acceptors (Lipinski definition) is 6. The average molecular weight is 458 g/mol. The largest absolute Gasteiger partial charge is 0.334 e. The predicted molar refractivity (Wildman–Crippen MR) is 125 cm³/mol. The van der Waals surface area contributed by atoms with E-state index in [1.165, 1.54) is 10.6 Å². The Balaban J connectivity index is 1.51. The molecule has 5 rings (SSSR count). The molecule has 0 aliphatic heterocycles. The van der Waals surface area contributed by atoms with Crippen molar-refractivity contribution in [1.82, 2.24) is 19.7 Å². The minimum Gasteiger partial charge on any atom is -0.334 e. The van der Waals surface area contributed by atoms with E-state index in [1.54, 1.807) is 54.7 Å². The van der Waals surface area contributed by atoms with Gasteiger partial charge in [-0.15, -0.1) is 0 Å². The van der Waals surface area contributed by atoms with Crippen LogP contribution in [0.3, 0.4) is 0 Å². The number of hydrogen-bond donors (Lipinski definition) is 1. The number of carbonyl (C=O) groups is 1. The molecule has 1 amide bonds. The molecule has 5 aromatic rings. The van der Waals surface area contributed by atoms with E-state index < -0.39 is 0 Å². The van der Waals surface area contributed by atoms with Gasteiger partial charge in [-0.3, -0.25) is 19.1 Å². The average Bonchev–Trinajstić information content (AvgIpc) is 3.31. The first-order valence-corrected chi connectivity index (χ1v) is 10.4. The Hall–Kier alpha value is -4.30. The molecule has 2 aromatic carbocycles. The van der Waals surface area contributed by atoms with E-state index in [0.29, 0.717) is 38.7 Å². The Morgan fingerprint density at radius 3 is 2.70 bits per heavy atom. The number of aromatic nitrogens is 4. The number of nitrogens with one attached hydrogen (secondary N) is 1. The second-order valence-electron chi connectivity index (χ2n) is 7.20. The molecule has 0 fully saturated rings. The normalized spacial score (nSPS) is 10.9. The summed E-state index contributed by atoms with van der Waals surface area (Å²) in [5.74, 6) is 0.159. The lowest BCUT2D eigenvalue weighted by molar-refractivity contribution is -0.116. The summed E-state index contributed by atoms with van der Waals surface area (Å²) in [5.41, 5.74) is 1.79. The first-order chi connectivity index (χ1) is 16.1. The van der Waals surface area contributed by atoms with Crippen LogP contribution < -0.4 is 10.9 Å². The zero-order valence-corrected chi connectivity index (χ0v) is 17.9. The number of halogens is 1. The first kappa shape index (κ1) is 20.6. The van der Waals surface area contributed by atoms with Gasteiger partial charge >= 0.3 is 0 Å². The molecule has 162 valence electrons. The standard InChI is InChI=1S/C24H16ClN5O3/c25-15-6-5-7-16(12-15)27-21(31)14-30-20-10-2-1-8-17(20)18(13-22(30)32)24-28-23(29-33-24)19-9-3-4-11-26-19/h1-13H,14H2,(H,27,31). The van der Waals surface area contributed by atoms with Crippen molar-refractivity contribution in [3.05, 3.63) is 94.4 Å². The summed E-state index contributed by atoms with van der Waals surface area (Å²) in [7, 11) is 0. The lowest BCUT2D eigenvalue weighted by Gasteiger charge is -2.12. The Kier molecular flexibility index (Phi) is 5.42. The van der Waals surface area contributed by atoms with Crippen LogP contribution in [0.5, 0.6) is 0 Å². The Bertz CT molecular complexity index is 1530. The minimum atomic E-state index is -0.373. The summed E-state index contributed by atoms with van der Waals surface area (Å²) in [6.45, 7) is -0.171. The molecule has 8 nitrogen and oxygen atoms in total. The van der Waals surface area contributed by atoms with Crippen LogP contribution in [0.4, 0.5) is 5.69 Å². The number of amides is 1. The molecule has 0 radical (unpaired) electrons. The van der Waals surface area contributed by atoms with Gasteiger partial charge in [0.2, 0.25) is 11.7 Å². The summed E-state index contributed by atoms with van der Waals surface area (Å²) < 4.78 is 6.84. The number of anilines is 1. The summed E-state index contributed by atoms with van der Waals surface area (Å²) in [6, 6.07) is 20.8. The molecule has 3 heterocycles. The van der Waals surface area contributed by atoms with Crippen LogP contribution in [-0.4, -0.2) is 25.6 Å². The first-order valence-electron chi connectivity index (χ1n) is 10.0. The van der Waals surface area contributed by atoms with Gasteiger partial charge in [0.05, 0.1) is 11.1 Å². The zero-order valence-electron chi connectivity index (χ0n) is 17.1. The summed E-state index contributed by atoms with van der Waals surface area (Å²) >= 11 is 5.98. The Morgan fingerprint density at radius 1 is 1.03 bits per heavy atom. The Morgan fingerprint density at radius 2 is 1.88 bits per heavy atom. The van der Waals surface area contributed by atoms with E-state index in [-0.39, 0.29) is 23.9 Å². The maximum absolute atomic E-state index is 13.0. The third-order valence-corrected chi connectivity index (χ3v) is 5.21. The molecule has 0 aliphatic carbocycles. The van der Waals surface area contributed by atoms with E-state index in [0.717, 1.165) is 0 Å². The molecule has 0 bridgehead atoms. The van der Waals surface area contributed by atoms with Crippen molar-refractivity contribution in [2.45, 2.75) is 6.54 Å². The molecule has 1 N–H and O–H groups in total. The second-order valence-corrected chi connectivity index (χ2v) is 7.63. The van der Waals surface area contributed by atoms with E-state index in [4.69, 9.17) is 16.1 Å². The van der Waals surface area contributed by atoms with Crippen molar-refractivity contribution in [3.8, 4) is 23.0 Å². The third-order valence-electron chi connectivity index (χ3n) is 4.98. The number of fused-ring (bicyclic) bond motifs is 1. The number of nitrogens with zero attached hydrogens (tertiary/aromatic N) is 4. The number of benzene rings is 2. The number of rotatable bonds is 5. The van der Waals surface area contributed by atoms with E-state index in [9.17, 15) is 9.59 Å². The van der Waals surface area contributed by atoms with Gasteiger partial charge in [-0.1, -0.05) is 47.1 Å². The van der Waals surface area contributed by atoms with Crippen LogP contribution in [0.1, 0.15) is 0 Å². The molecule has 33 heavy (non-hydrogen) atoms. The highest BCUT2D eigenvalue weighted by Crippen LogP contribution is 2.27. The number of carbonyl (C=O) groups excluding carboxylic acids is 1. The van der Waals surface area contributed by atoms with Gasteiger partial charge in [0.15, 0.2) is 0 Å². The quantitative estimate of drug-likeness (QED) is 0.419. The van der Waals surface area contributed by atoms with E-state index >= 15 is 0 Å². The summed E-state index contributed by atoms with van der Waals surface area (Å²) in [5, 5.41) is 7.95. The van der Waals surface area contributed by atoms with Gasteiger partial charge in [-0.2, -0.15) is 4.98 Å². The highest BCUT2D eigenvalue weighted by molar-refractivity contribution is 6.30. The topological polar surface area (TPSA) is 103 Å². The van der Waals surface area contributed by atoms with Crippen molar-refractivity contribution >= 4 is 34.1 Å². The van der Waals surface area contributed by atoms with E-state index in [1.807, 2.05) is 18.2 Å². The van der Waals surface area contributed by atoms with Crippen LogP contribution in [0.2, 0.25) is 5.02 Å². The third kappa shape index (κ3) is 4.24. The molecule has 0 spiro atoms. The molecule has 9 heteroatoms. The van der Waals surface area contributed by atoms with Crippen LogP contribution in [-0.2, 0) is 11.3 Å². The van der Waals surface area contributed by atoms with Crippen LogP contribution >= 0.6 is 11.6 Å². The van der Waals surface area contributed by atoms with Crippen LogP contribution in [0.25, 0.3) is 33.9 Å². The minimum absolute atomic E-state index is 0.171. The lowest BCUT2D eigenvalue weighted by atomic mass is 10.1. The van der Waals surface area contributed by atoms with E-state index in [2.05, 4.69) is 20.4 Å². The SMILES string of the molecule is O=C(Cn1c(=O)cc(-c2nc(-c3ccccn3)no2)c2ccccc21)Nc1cccc(Cl)c1. The summed E-state index contributed by atoms with van der Waals surface area (Å²) in [6.07, 6.45) is 1.64.